The molecule has 0 unspecified atom stereocenters. The monoisotopic (exact) mass is 428 g/mol. The Bertz CT molecular complexity index is 1320. The third kappa shape index (κ3) is 3.41. The van der Waals surface area contributed by atoms with Crippen molar-refractivity contribution in [2.75, 3.05) is 0 Å². The summed E-state index contributed by atoms with van der Waals surface area (Å²) < 4.78 is 43.4. The van der Waals surface area contributed by atoms with Gasteiger partial charge < -0.3 is 9.88 Å². The molecule has 31 heavy (non-hydrogen) atoms. The maximum Gasteiger partial charge on any atom is 0.408 e. The molecule has 5 rings (SSSR count). The number of aromatic nitrogens is 5. The maximum atomic E-state index is 13.4. The smallest absolute Gasteiger partial charge is 0.340 e. The molecule has 0 saturated heterocycles. The van der Waals surface area contributed by atoms with Gasteiger partial charge in [0.25, 0.3) is 5.91 Å². The van der Waals surface area contributed by atoms with Crippen molar-refractivity contribution in [1.82, 2.24) is 29.5 Å². The molecule has 160 valence electrons. The summed E-state index contributed by atoms with van der Waals surface area (Å²) in [6.07, 6.45) is -0.604. The molecule has 10 heteroatoms. The number of amides is 1. The van der Waals surface area contributed by atoms with Crippen LogP contribution in [0.1, 0.15) is 28.9 Å². The fourth-order valence-corrected chi connectivity index (χ4v) is 3.82. The Balaban J connectivity index is 1.55. The van der Waals surface area contributed by atoms with Gasteiger partial charge in [-0.1, -0.05) is 6.07 Å². The maximum absolute atomic E-state index is 13.4. The number of halogens is 3. The third-order valence-corrected chi connectivity index (χ3v) is 5.65. The molecule has 3 aromatic heterocycles. The van der Waals surface area contributed by atoms with E-state index in [9.17, 15) is 18.0 Å². The minimum absolute atomic E-state index is 0.0152. The molecule has 1 atom stereocenters. The molecule has 0 spiro atoms. The van der Waals surface area contributed by atoms with Gasteiger partial charge in [0.15, 0.2) is 5.65 Å². The second-order valence-electron chi connectivity index (χ2n) is 7.97. The molecule has 1 aliphatic rings. The number of alkyl halides is 3. The molecule has 0 radical (unpaired) electrons. The minimum Gasteiger partial charge on any atom is -0.340 e. The highest BCUT2D eigenvalue weighted by Gasteiger charge is 2.49. The molecule has 1 saturated carbocycles. The van der Waals surface area contributed by atoms with Crippen molar-refractivity contribution in [3.05, 3.63) is 48.0 Å². The second kappa shape index (κ2) is 6.79. The zero-order chi connectivity index (χ0) is 21.9. The summed E-state index contributed by atoms with van der Waals surface area (Å²) in [6.45, 7) is 1.80. The van der Waals surface area contributed by atoms with Crippen molar-refractivity contribution in [2.24, 2.45) is 13.0 Å². The van der Waals surface area contributed by atoms with E-state index < -0.39 is 24.0 Å². The van der Waals surface area contributed by atoms with Crippen LogP contribution in [-0.2, 0) is 7.05 Å². The van der Waals surface area contributed by atoms with Crippen LogP contribution < -0.4 is 5.32 Å². The Labute approximate surface area is 174 Å². The molecule has 1 aromatic carbocycles. The normalized spacial score (nSPS) is 15.5. The number of carbonyl (C=O) groups is 1. The van der Waals surface area contributed by atoms with Crippen molar-refractivity contribution in [1.29, 1.82) is 0 Å². The molecule has 3 heterocycles. The lowest BCUT2D eigenvalue weighted by molar-refractivity contribution is -0.158. The number of benzene rings is 1. The Morgan fingerprint density at radius 1 is 1.26 bits per heavy atom. The third-order valence-electron chi connectivity index (χ3n) is 5.65. The lowest BCUT2D eigenvalue weighted by atomic mass is 10.1. The zero-order valence-electron chi connectivity index (χ0n) is 16.8. The Morgan fingerprint density at radius 3 is 2.74 bits per heavy atom. The molecule has 0 bridgehead atoms. The lowest BCUT2D eigenvalue weighted by Gasteiger charge is -2.20. The van der Waals surface area contributed by atoms with Crippen molar-refractivity contribution in [3.63, 3.8) is 0 Å². The predicted molar refractivity (Wildman–Crippen MR) is 107 cm³/mol. The van der Waals surface area contributed by atoms with Gasteiger partial charge in [-0.15, -0.1) is 0 Å². The number of nitrogens with zero attached hydrogens (tertiary/aromatic N) is 5. The van der Waals surface area contributed by atoms with E-state index in [-0.39, 0.29) is 11.2 Å². The van der Waals surface area contributed by atoms with Gasteiger partial charge in [0.05, 0.1) is 29.3 Å². The summed E-state index contributed by atoms with van der Waals surface area (Å²) in [5.41, 5.74) is 4.10. The van der Waals surface area contributed by atoms with Crippen molar-refractivity contribution in [2.45, 2.75) is 32.0 Å². The van der Waals surface area contributed by atoms with Crippen LogP contribution in [0.15, 0.2) is 36.8 Å². The highest BCUT2D eigenvalue weighted by atomic mass is 19.4. The lowest BCUT2D eigenvalue weighted by Crippen LogP contribution is -2.46. The number of aryl methyl sites for hydroxylation is 2. The van der Waals surface area contributed by atoms with Crippen molar-refractivity contribution in [3.8, 4) is 11.3 Å². The van der Waals surface area contributed by atoms with Crippen LogP contribution in [0, 0.1) is 12.8 Å². The summed E-state index contributed by atoms with van der Waals surface area (Å²) in [5.74, 6) is -1.39. The van der Waals surface area contributed by atoms with E-state index in [0.717, 1.165) is 16.6 Å². The van der Waals surface area contributed by atoms with Crippen LogP contribution in [0.25, 0.3) is 27.9 Å². The van der Waals surface area contributed by atoms with Gasteiger partial charge in [0.2, 0.25) is 0 Å². The fourth-order valence-electron chi connectivity index (χ4n) is 3.82. The van der Waals surface area contributed by atoms with Gasteiger partial charge in [0, 0.05) is 18.3 Å². The Hall–Kier alpha value is -3.43. The summed E-state index contributed by atoms with van der Waals surface area (Å²) in [5, 5.41) is 6.31. The van der Waals surface area contributed by atoms with Crippen LogP contribution in [0.5, 0.6) is 0 Å². The first-order chi connectivity index (χ1) is 14.7. The first kappa shape index (κ1) is 19.5. The van der Waals surface area contributed by atoms with Gasteiger partial charge >= 0.3 is 6.18 Å². The Morgan fingerprint density at radius 2 is 2.03 bits per heavy atom. The highest BCUT2D eigenvalue weighted by Crippen LogP contribution is 2.40. The number of rotatable bonds is 4. The molecule has 1 aliphatic carbocycles. The van der Waals surface area contributed by atoms with E-state index in [1.54, 1.807) is 13.3 Å². The minimum atomic E-state index is -4.49. The van der Waals surface area contributed by atoms with Gasteiger partial charge in [-0.25, -0.2) is 14.5 Å². The van der Waals surface area contributed by atoms with E-state index in [2.05, 4.69) is 20.4 Å². The number of hydrogen-bond acceptors (Lipinski definition) is 4. The quantitative estimate of drug-likeness (QED) is 0.538. The standard InChI is InChI=1S/C21H19F3N6O/c1-11-7-16(13-5-6-15-17(8-13)29(2)10-25-15)27-19-14(9-26-30(11)19)20(31)28-18(12-3-4-12)21(22,23)24/h5-10,12,18H,3-4H2,1-2H3,(H,28,31)/t18-/m1/s1. The molecule has 1 N–H and O–H groups in total. The van der Waals surface area contributed by atoms with Gasteiger partial charge in [-0.05, 0) is 43.9 Å². The predicted octanol–water partition coefficient (Wildman–Crippen LogP) is 3.66. The van der Waals surface area contributed by atoms with E-state index >= 15 is 0 Å². The summed E-state index contributed by atoms with van der Waals surface area (Å²) in [7, 11) is 1.89. The number of nitrogens with one attached hydrogen (secondary N) is 1. The summed E-state index contributed by atoms with van der Waals surface area (Å²) in [6, 6.07) is 5.65. The first-order valence-electron chi connectivity index (χ1n) is 9.87. The first-order valence-corrected chi connectivity index (χ1v) is 9.87. The molecule has 1 fully saturated rings. The van der Waals surface area contributed by atoms with Crippen LogP contribution >= 0.6 is 0 Å². The highest BCUT2D eigenvalue weighted by molar-refractivity contribution is 6.00. The topological polar surface area (TPSA) is 77.1 Å². The van der Waals surface area contributed by atoms with E-state index in [4.69, 9.17) is 0 Å². The zero-order valence-corrected chi connectivity index (χ0v) is 16.8. The number of imidazole rings is 1. The molecule has 0 aliphatic heterocycles. The molecular weight excluding hydrogens is 409 g/mol. The van der Waals surface area contributed by atoms with Gasteiger partial charge in [-0.2, -0.15) is 18.3 Å². The van der Waals surface area contributed by atoms with Gasteiger partial charge in [-0.3, -0.25) is 4.79 Å². The SMILES string of the molecule is Cc1cc(-c2ccc3ncn(C)c3c2)nc2c(C(=O)N[C@H](C3CC3)C(F)(F)F)cnn12. The largest absolute Gasteiger partial charge is 0.408 e. The van der Waals surface area contributed by atoms with E-state index in [0.29, 0.717) is 24.2 Å². The summed E-state index contributed by atoms with van der Waals surface area (Å²) >= 11 is 0. The van der Waals surface area contributed by atoms with Crippen LogP contribution in [-0.4, -0.2) is 42.3 Å². The number of carbonyl (C=O) groups excluding carboxylic acids is 1. The van der Waals surface area contributed by atoms with Crippen molar-refractivity contribution >= 4 is 22.6 Å². The van der Waals surface area contributed by atoms with E-state index in [1.807, 2.05) is 35.9 Å². The second-order valence-corrected chi connectivity index (χ2v) is 7.97. The van der Waals surface area contributed by atoms with Gasteiger partial charge in [0.1, 0.15) is 11.6 Å². The van der Waals surface area contributed by atoms with Crippen LogP contribution in [0.4, 0.5) is 13.2 Å². The fraction of sp³-hybridized carbons (Fsp3) is 0.333. The Kier molecular flexibility index (Phi) is 4.28. The summed E-state index contributed by atoms with van der Waals surface area (Å²) in [4.78, 5) is 21.6. The molecule has 1 amide bonds. The van der Waals surface area contributed by atoms with Crippen molar-refractivity contribution < 1.29 is 18.0 Å². The van der Waals surface area contributed by atoms with E-state index in [1.165, 1.54) is 10.7 Å². The number of hydrogen-bond donors (Lipinski definition) is 1. The van der Waals surface area contributed by atoms with Crippen LogP contribution in [0.3, 0.4) is 0 Å². The molecule has 7 nitrogen and oxygen atoms in total. The average molecular weight is 428 g/mol. The molecular formula is C21H19F3N6O. The number of fused-ring (bicyclic) bond motifs is 2. The molecule has 4 aromatic rings. The van der Waals surface area contributed by atoms with Crippen LogP contribution in [0.2, 0.25) is 0 Å². The average Bonchev–Trinajstić information content (AvgIpc) is 3.35.